The molecule has 18 heavy (non-hydrogen) atoms. The third kappa shape index (κ3) is 2.50. The molecule has 0 aliphatic heterocycles. The van der Waals surface area contributed by atoms with Gasteiger partial charge in [-0.2, -0.15) is 5.26 Å². The van der Waals surface area contributed by atoms with Gasteiger partial charge in [-0.25, -0.2) is 0 Å². The number of rotatable bonds is 4. The van der Waals surface area contributed by atoms with E-state index in [4.69, 9.17) is 20.1 Å². The summed E-state index contributed by atoms with van der Waals surface area (Å²) >= 11 is 0. The van der Waals surface area contributed by atoms with Crippen LogP contribution in [0.3, 0.4) is 0 Å². The number of carbonyl (C=O) groups excluding carboxylic acids is 1. The maximum absolute atomic E-state index is 11.0. The molecule has 0 radical (unpaired) electrons. The second-order valence-electron chi connectivity index (χ2n) is 3.57. The van der Waals surface area contributed by atoms with Crippen LogP contribution in [0.2, 0.25) is 0 Å². The summed E-state index contributed by atoms with van der Waals surface area (Å²) in [6.45, 7) is 0.156. The van der Waals surface area contributed by atoms with Crippen molar-refractivity contribution in [1.29, 1.82) is 5.26 Å². The molecule has 0 aliphatic rings. The number of ether oxygens (including phenoxy) is 1. The van der Waals surface area contributed by atoms with E-state index in [2.05, 4.69) is 0 Å². The zero-order valence-electron chi connectivity index (χ0n) is 9.42. The largest absolute Gasteiger partial charge is 0.489 e. The highest BCUT2D eigenvalue weighted by molar-refractivity contribution is 5.91. The normalized spacial score (nSPS) is 9.72. The van der Waals surface area contributed by atoms with Crippen molar-refractivity contribution in [3.05, 3.63) is 53.5 Å². The van der Waals surface area contributed by atoms with Crippen LogP contribution in [0.1, 0.15) is 21.7 Å². The Labute approximate surface area is 103 Å². The topological polar surface area (TPSA) is 89.2 Å². The Morgan fingerprint density at radius 1 is 1.44 bits per heavy atom. The van der Waals surface area contributed by atoms with E-state index in [1.165, 1.54) is 6.26 Å². The van der Waals surface area contributed by atoms with Gasteiger partial charge in [0.05, 0.1) is 17.9 Å². The highest BCUT2D eigenvalue weighted by Crippen LogP contribution is 2.17. The molecular weight excluding hydrogens is 232 g/mol. The molecule has 5 nitrogen and oxygen atoms in total. The second-order valence-corrected chi connectivity index (χ2v) is 3.57. The lowest BCUT2D eigenvalue weighted by molar-refractivity contribution is 0.0970. The Hall–Kier alpha value is -2.74. The van der Waals surface area contributed by atoms with Gasteiger partial charge in [0.15, 0.2) is 5.76 Å². The maximum atomic E-state index is 11.0. The van der Waals surface area contributed by atoms with E-state index in [0.29, 0.717) is 16.9 Å². The van der Waals surface area contributed by atoms with Gasteiger partial charge >= 0.3 is 0 Å². The van der Waals surface area contributed by atoms with Crippen molar-refractivity contribution in [3.8, 4) is 11.8 Å². The molecule has 2 aromatic rings. The Morgan fingerprint density at radius 2 is 2.28 bits per heavy atom. The van der Waals surface area contributed by atoms with Gasteiger partial charge in [-0.15, -0.1) is 0 Å². The number of furan rings is 1. The van der Waals surface area contributed by atoms with E-state index in [-0.39, 0.29) is 12.4 Å². The lowest BCUT2D eigenvalue weighted by atomic mass is 10.2. The van der Waals surface area contributed by atoms with Gasteiger partial charge in [-0.3, -0.25) is 4.79 Å². The van der Waals surface area contributed by atoms with E-state index in [0.717, 1.165) is 0 Å². The van der Waals surface area contributed by atoms with E-state index >= 15 is 0 Å². The Morgan fingerprint density at radius 3 is 3.00 bits per heavy atom. The highest BCUT2D eigenvalue weighted by Gasteiger charge is 2.12. The van der Waals surface area contributed by atoms with Crippen molar-refractivity contribution in [1.82, 2.24) is 0 Å². The third-order valence-corrected chi connectivity index (χ3v) is 2.33. The summed E-state index contributed by atoms with van der Waals surface area (Å²) in [5, 5.41) is 8.75. The number of primary amides is 1. The number of hydrogen-bond acceptors (Lipinski definition) is 4. The van der Waals surface area contributed by atoms with Crippen LogP contribution < -0.4 is 10.5 Å². The molecule has 0 saturated carbocycles. The summed E-state index contributed by atoms with van der Waals surface area (Å²) in [5.74, 6) is 0.00137. The van der Waals surface area contributed by atoms with Crippen LogP contribution in [-0.4, -0.2) is 5.91 Å². The number of nitriles is 1. The Bertz CT molecular complexity index is 611. The van der Waals surface area contributed by atoms with Crippen LogP contribution in [0.5, 0.6) is 5.75 Å². The molecule has 2 N–H and O–H groups in total. The van der Waals surface area contributed by atoms with Gasteiger partial charge in [0.2, 0.25) is 0 Å². The number of amides is 1. The molecule has 0 unspecified atom stereocenters. The lowest BCUT2D eigenvalue weighted by Gasteiger charge is -2.05. The fraction of sp³-hybridized carbons (Fsp3) is 0.0769. The van der Waals surface area contributed by atoms with Gasteiger partial charge in [-0.05, 0) is 24.3 Å². The van der Waals surface area contributed by atoms with Crippen LogP contribution >= 0.6 is 0 Å². The molecule has 0 aliphatic carbocycles. The number of hydrogen-bond donors (Lipinski definition) is 1. The number of carbonyl (C=O) groups is 1. The van der Waals surface area contributed by atoms with Crippen LogP contribution in [0.15, 0.2) is 41.0 Å². The Balaban J connectivity index is 2.09. The molecule has 2 rings (SSSR count). The molecule has 0 spiro atoms. The van der Waals surface area contributed by atoms with E-state index in [1.807, 2.05) is 6.07 Å². The van der Waals surface area contributed by atoms with Crippen molar-refractivity contribution in [3.63, 3.8) is 0 Å². The van der Waals surface area contributed by atoms with Crippen molar-refractivity contribution >= 4 is 5.91 Å². The molecular formula is C13H10N2O3. The lowest BCUT2D eigenvalue weighted by Crippen LogP contribution is -2.12. The molecule has 90 valence electrons. The van der Waals surface area contributed by atoms with Crippen molar-refractivity contribution in [2.24, 2.45) is 5.73 Å². The first kappa shape index (κ1) is 11.7. The fourth-order valence-electron chi connectivity index (χ4n) is 1.48. The zero-order valence-corrected chi connectivity index (χ0v) is 9.42. The Kier molecular flexibility index (Phi) is 3.30. The monoisotopic (exact) mass is 242 g/mol. The SMILES string of the molecule is N#Cc1cccc(OCc2ccoc2C(N)=O)c1. The number of benzene rings is 1. The van der Waals surface area contributed by atoms with Crippen molar-refractivity contribution < 1.29 is 13.9 Å². The first-order chi connectivity index (χ1) is 8.70. The minimum absolute atomic E-state index is 0.0893. The van der Waals surface area contributed by atoms with Gasteiger partial charge < -0.3 is 14.9 Å². The smallest absolute Gasteiger partial charge is 0.284 e. The fourth-order valence-corrected chi connectivity index (χ4v) is 1.48. The summed E-state index contributed by atoms with van der Waals surface area (Å²) < 4.78 is 10.4. The number of nitrogens with zero attached hydrogens (tertiary/aromatic N) is 1. The predicted octanol–water partition coefficient (Wildman–Crippen LogP) is 1.83. The molecule has 1 heterocycles. The number of nitrogens with two attached hydrogens (primary N) is 1. The molecule has 0 saturated heterocycles. The second kappa shape index (κ2) is 5.06. The summed E-state index contributed by atoms with van der Waals surface area (Å²) in [7, 11) is 0. The minimum Gasteiger partial charge on any atom is -0.489 e. The summed E-state index contributed by atoms with van der Waals surface area (Å²) in [6.07, 6.45) is 1.38. The average molecular weight is 242 g/mol. The average Bonchev–Trinajstić information content (AvgIpc) is 2.85. The molecule has 1 amide bonds. The van der Waals surface area contributed by atoms with Gasteiger partial charge in [0, 0.05) is 5.56 Å². The predicted molar refractivity (Wildman–Crippen MR) is 62.7 cm³/mol. The minimum atomic E-state index is -0.635. The first-order valence-corrected chi connectivity index (χ1v) is 5.20. The molecule has 0 fully saturated rings. The highest BCUT2D eigenvalue weighted by atomic mass is 16.5. The first-order valence-electron chi connectivity index (χ1n) is 5.20. The van der Waals surface area contributed by atoms with E-state index in [1.54, 1.807) is 30.3 Å². The van der Waals surface area contributed by atoms with Gasteiger partial charge in [-0.1, -0.05) is 6.07 Å². The molecule has 1 aromatic heterocycles. The van der Waals surface area contributed by atoms with Gasteiger partial charge in [0.25, 0.3) is 5.91 Å². The summed E-state index contributed by atoms with van der Waals surface area (Å²) in [4.78, 5) is 11.0. The molecule has 0 atom stereocenters. The third-order valence-electron chi connectivity index (χ3n) is 2.33. The van der Waals surface area contributed by atoms with Crippen molar-refractivity contribution in [2.45, 2.75) is 6.61 Å². The van der Waals surface area contributed by atoms with Crippen LogP contribution in [0.25, 0.3) is 0 Å². The maximum Gasteiger partial charge on any atom is 0.284 e. The summed E-state index contributed by atoms with van der Waals surface area (Å²) in [6, 6.07) is 10.4. The molecule has 1 aromatic carbocycles. The van der Waals surface area contributed by atoms with Crippen LogP contribution in [0, 0.1) is 11.3 Å². The molecule has 5 heteroatoms. The van der Waals surface area contributed by atoms with Crippen LogP contribution in [-0.2, 0) is 6.61 Å². The van der Waals surface area contributed by atoms with Crippen molar-refractivity contribution in [2.75, 3.05) is 0 Å². The standard InChI is InChI=1S/C13H10N2O3/c14-7-9-2-1-3-11(6-9)18-8-10-4-5-17-12(10)13(15)16/h1-6H,8H2,(H2,15,16). The van der Waals surface area contributed by atoms with E-state index < -0.39 is 5.91 Å². The van der Waals surface area contributed by atoms with Gasteiger partial charge in [0.1, 0.15) is 12.4 Å². The quantitative estimate of drug-likeness (QED) is 0.885. The van der Waals surface area contributed by atoms with E-state index in [9.17, 15) is 4.79 Å². The molecule has 0 bridgehead atoms. The summed E-state index contributed by atoms with van der Waals surface area (Å²) in [5.41, 5.74) is 6.23. The zero-order chi connectivity index (χ0) is 13.0. The van der Waals surface area contributed by atoms with Crippen LogP contribution in [0.4, 0.5) is 0 Å².